The third kappa shape index (κ3) is 5.24. The molecule has 4 fully saturated rings. The molecule has 3 aliphatic heterocycles. The second-order valence-electron chi connectivity index (χ2n) is 12.6. The number of nitrogens with zero attached hydrogens (tertiary/aromatic N) is 6. The summed E-state index contributed by atoms with van der Waals surface area (Å²) in [6, 6.07) is 4.54. The third-order valence-electron chi connectivity index (χ3n) is 9.72. The van der Waals surface area contributed by atoms with Crippen molar-refractivity contribution in [1.29, 1.82) is 0 Å². The van der Waals surface area contributed by atoms with E-state index >= 15 is 4.39 Å². The summed E-state index contributed by atoms with van der Waals surface area (Å²) in [7, 11) is -0.990. The molecule has 238 valence electrons. The van der Waals surface area contributed by atoms with Gasteiger partial charge in [0.15, 0.2) is 10.9 Å². The first-order valence-electron chi connectivity index (χ1n) is 15.6. The smallest absolute Gasteiger partial charge is 0.319 e. The zero-order chi connectivity index (χ0) is 30.9. The Balaban J connectivity index is 1.22. The second kappa shape index (κ2) is 11.5. The van der Waals surface area contributed by atoms with Gasteiger partial charge in [-0.05, 0) is 76.2 Å². The molecule has 3 saturated heterocycles. The molecule has 0 amide bonds. The van der Waals surface area contributed by atoms with Crippen molar-refractivity contribution in [3.63, 3.8) is 0 Å². The van der Waals surface area contributed by atoms with Crippen molar-refractivity contribution >= 4 is 66.0 Å². The highest BCUT2D eigenvalue weighted by atomic mass is 35.5. The van der Waals surface area contributed by atoms with Crippen LogP contribution in [0.5, 0.6) is 6.01 Å². The van der Waals surface area contributed by atoms with Crippen molar-refractivity contribution in [2.75, 3.05) is 56.5 Å². The Labute approximate surface area is 271 Å². The van der Waals surface area contributed by atoms with Crippen molar-refractivity contribution in [3.8, 4) is 17.1 Å². The average molecular weight is 674 g/mol. The summed E-state index contributed by atoms with van der Waals surface area (Å²) in [5.74, 6) is -0.598. The van der Waals surface area contributed by atoms with E-state index in [1.54, 1.807) is 6.07 Å². The normalized spacial score (nSPS) is 21.4. The van der Waals surface area contributed by atoms with E-state index in [9.17, 15) is 8.60 Å². The summed E-state index contributed by atoms with van der Waals surface area (Å²) in [5, 5.41) is 1.04. The minimum absolute atomic E-state index is 0.0393. The molecular weight excluding hydrogens is 640 g/mol. The molecule has 4 aliphatic rings. The molecule has 45 heavy (non-hydrogen) atoms. The first-order valence-corrected chi connectivity index (χ1v) is 18.0. The van der Waals surface area contributed by atoms with Gasteiger partial charge in [-0.25, -0.2) is 22.3 Å². The van der Waals surface area contributed by atoms with Crippen LogP contribution in [0.25, 0.3) is 32.2 Å². The number of ether oxygens (including phenoxy) is 1. The van der Waals surface area contributed by atoms with Crippen molar-refractivity contribution in [2.24, 2.45) is 0 Å². The lowest BCUT2D eigenvalue weighted by Crippen LogP contribution is -2.43. The fourth-order valence-electron chi connectivity index (χ4n) is 7.33. The van der Waals surface area contributed by atoms with Gasteiger partial charge < -0.3 is 15.4 Å². The van der Waals surface area contributed by atoms with Crippen LogP contribution in [0.4, 0.5) is 19.7 Å². The van der Waals surface area contributed by atoms with E-state index in [1.807, 2.05) is 0 Å². The van der Waals surface area contributed by atoms with E-state index in [-0.39, 0.29) is 48.3 Å². The summed E-state index contributed by atoms with van der Waals surface area (Å²) in [4.78, 5) is 18.4. The van der Waals surface area contributed by atoms with Crippen LogP contribution < -0.4 is 15.4 Å². The van der Waals surface area contributed by atoms with E-state index in [0.29, 0.717) is 43.0 Å². The number of halogens is 3. The maximum atomic E-state index is 16.8. The van der Waals surface area contributed by atoms with E-state index in [4.69, 9.17) is 27.1 Å². The second-order valence-corrected chi connectivity index (χ2v) is 15.7. The number of benzene rings is 2. The molecule has 0 bridgehead atoms. The van der Waals surface area contributed by atoms with Crippen LogP contribution in [0.1, 0.15) is 44.9 Å². The Kier molecular flexibility index (Phi) is 7.59. The molecular formula is C31H34ClF2N7O2S2. The van der Waals surface area contributed by atoms with E-state index in [0.717, 1.165) is 75.9 Å². The fourth-order valence-corrected chi connectivity index (χ4v) is 9.92. The van der Waals surface area contributed by atoms with Crippen molar-refractivity contribution < 1.29 is 17.7 Å². The number of fused-ring (bicyclic) bond motifs is 3. The van der Waals surface area contributed by atoms with Gasteiger partial charge >= 0.3 is 6.01 Å². The molecule has 2 N–H and O–H groups in total. The number of anilines is 2. The minimum Gasteiger partial charge on any atom is -0.461 e. The summed E-state index contributed by atoms with van der Waals surface area (Å²) in [6.45, 7) is 5.10. The van der Waals surface area contributed by atoms with Crippen LogP contribution in [0.3, 0.4) is 0 Å². The van der Waals surface area contributed by atoms with Gasteiger partial charge in [-0.3, -0.25) is 4.90 Å². The molecule has 0 radical (unpaired) electrons. The first-order chi connectivity index (χ1) is 21.8. The van der Waals surface area contributed by atoms with Crippen LogP contribution in [0, 0.1) is 11.6 Å². The molecule has 2 aromatic heterocycles. The molecule has 1 saturated carbocycles. The number of hydrogen-bond acceptors (Lipinski definition) is 9. The maximum Gasteiger partial charge on any atom is 0.319 e. The topological polar surface area (TPSA) is 101 Å². The molecule has 8 rings (SSSR count). The molecule has 1 unspecified atom stereocenters. The monoisotopic (exact) mass is 673 g/mol. The summed E-state index contributed by atoms with van der Waals surface area (Å²) < 4.78 is 53.1. The lowest BCUT2D eigenvalue weighted by molar-refractivity contribution is 0.108. The van der Waals surface area contributed by atoms with Gasteiger partial charge in [0.1, 0.15) is 23.8 Å². The van der Waals surface area contributed by atoms with E-state index < -0.39 is 22.6 Å². The van der Waals surface area contributed by atoms with Gasteiger partial charge in [-0.2, -0.15) is 9.97 Å². The Bertz CT molecular complexity index is 1830. The van der Waals surface area contributed by atoms with E-state index in [2.05, 4.69) is 24.1 Å². The zero-order valence-corrected chi connectivity index (χ0v) is 27.1. The molecule has 5 heterocycles. The predicted molar refractivity (Wildman–Crippen MR) is 175 cm³/mol. The SMILES string of the molecule is Nc1nc2c(-c3c(Cl)cc4c(N5CCCN(S(=O)C6CC6)CC5)nc(OCC56CCCN5CCC6)nc4c3F)ccc(F)c2s1. The van der Waals surface area contributed by atoms with Gasteiger partial charge in [0, 0.05) is 47.9 Å². The van der Waals surface area contributed by atoms with Crippen LogP contribution >= 0.6 is 22.9 Å². The zero-order valence-electron chi connectivity index (χ0n) is 24.7. The number of hydrogen-bond donors (Lipinski definition) is 1. The number of nitrogen functional groups attached to an aromatic ring is 1. The van der Waals surface area contributed by atoms with Crippen LogP contribution in [0.15, 0.2) is 18.2 Å². The highest BCUT2D eigenvalue weighted by Gasteiger charge is 2.45. The molecule has 2 aromatic carbocycles. The highest BCUT2D eigenvalue weighted by molar-refractivity contribution is 7.83. The van der Waals surface area contributed by atoms with Gasteiger partial charge in [-0.1, -0.05) is 22.9 Å². The Morgan fingerprint density at radius 2 is 1.82 bits per heavy atom. The molecule has 9 nitrogen and oxygen atoms in total. The van der Waals surface area contributed by atoms with Crippen LogP contribution in [0.2, 0.25) is 5.02 Å². The third-order valence-corrected chi connectivity index (χ3v) is 12.8. The highest BCUT2D eigenvalue weighted by Crippen LogP contribution is 2.43. The van der Waals surface area contributed by atoms with Gasteiger partial charge in [0.2, 0.25) is 0 Å². The van der Waals surface area contributed by atoms with E-state index in [1.165, 1.54) is 12.1 Å². The Morgan fingerprint density at radius 3 is 2.60 bits per heavy atom. The summed E-state index contributed by atoms with van der Waals surface area (Å²) in [6.07, 6.45) is 7.17. The van der Waals surface area contributed by atoms with Crippen molar-refractivity contribution in [1.82, 2.24) is 24.2 Å². The van der Waals surface area contributed by atoms with Crippen molar-refractivity contribution in [2.45, 2.75) is 55.7 Å². The molecule has 0 spiro atoms. The predicted octanol–water partition coefficient (Wildman–Crippen LogP) is 5.77. The average Bonchev–Trinajstić information content (AvgIpc) is 3.61. The maximum absolute atomic E-state index is 16.8. The molecule has 1 aliphatic carbocycles. The quantitative estimate of drug-likeness (QED) is 0.264. The fraction of sp³-hybridized carbons (Fsp3) is 0.516. The van der Waals surface area contributed by atoms with Gasteiger partial charge in [0.05, 0.1) is 31.8 Å². The summed E-state index contributed by atoms with van der Waals surface area (Å²) >= 11 is 7.84. The lowest BCUT2D eigenvalue weighted by atomic mass is 9.95. The lowest BCUT2D eigenvalue weighted by Gasteiger charge is -2.31. The van der Waals surface area contributed by atoms with Crippen molar-refractivity contribution in [3.05, 3.63) is 34.9 Å². The largest absolute Gasteiger partial charge is 0.461 e. The van der Waals surface area contributed by atoms with Crippen LogP contribution in [-0.2, 0) is 11.0 Å². The standard InChI is InChI=1S/C31H34ClF2N7O2S2/c32-21-16-20-25(24(34)23(21)19-6-7-22(33)27-26(19)36-29(35)44-27)37-30(43-17-31-8-1-11-40(31)12-2-9-31)38-28(20)39-10-3-13-41(15-14-39)45(42)18-4-5-18/h6-7,16,18H,1-5,8-15,17H2,(H2,35,36). The number of nitrogens with two attached hydrogens (primary N) is 1. The molecule has 14 heteroatoms. The minimum atomic E-state index is -0.990. The number of aromatic nitrogens is 3. The van der Waals surface area contributed by atoms with Gasteiger partial charge in [0.25, 0.3) is 0 Å². The van der Waals surface area contributed by atoms with Crippen LogP contribution in [-0.4, -0.2) is 85.0 Å². The number of thiazole rings is 1. The summed E-state index contributed by atoms with van der Waals surface area (Å²) in [5.41, 5.74) is 6.63. The Hall–Kier alpha value is -2.71. The Morgan fingerprint density at radius 1 is 1.02 bits per heavy atom. The first kappa shape index (κ1) is 29.7. The number of rotatable bonds is 7. The molecule has 1 atom stereocenters. The molecule has 4 aromatic rings. The van der Waals surface area contributed by atoms with Gasteiger partial charge in [-0.15, -0.1) is 0 Å².